The van der Waals surface area contributed by atoms with Crippen molar-refractivity contribution in [3.05, 3.63) is 35.1 Å². The molecule has 0 heterocycles. The van der Waals surface area contributed by atoms with Gasteiger partial charge in [-0.3, -0.25) is 4.79 Å². The normalized spacial score (nSPS) is 10.5. The number of carbonyl (C=O) groups excluding carboxylic acids is 1. The van der Waals surface area contributed by atoms with Crippen LogP contribution in [0, 0.1) is 17.5 Å². The average molecular weight is 320 g/mol. The molecule has 21 heavy (non-hydrogen) atoms. The van der Waals surface area contributed by atoms with Gasteiger partial charge in [0, 0.05) is 38.8 Å². The molecular formula is C13H15F3N2O2S. The van der Waals surface area contributed by atoms with E-state index in [1.165, 1.54) is 7.11 Å². The Bertz CT molecular complexity index is 517. The Balaban J connectivity index is 3.01. The van der Waals surface area contributed by atoms with Crippen molar-refractivity contribution in [2.24, 2.45) is 5.73 Å². The number of carbonyl (C=O) groups is 1. The quantitative estimate of drug-likeness (QED) is 0.779. The van der Waals surface area contributed by atoms with Gasteiger partial charge >= 0.3 is 0 Å². The summed E-state index contributed by atoms with van der Waals surface area (Å²) < 4.78 is 45.0. The van der Waals surface area contributed by atoms with Crippen LogP contribution >= 0.6 is 12.2 Å². The van der Waals surface area contributed by atoms with E-state index in [4.69, 9.17) is 22.7 Å². The molecule has 1 rings (SSSR count). The van der Waals surface area contributed by atoms with E-state index in [0.717, 1.165) is 4.90 Å². The summed E-state index contributed by atoms with van der Waals surface area (Å²) in [5, 5.41) is 0. The lowest BCUT2D eigenvalue weighted by atomic mass is 10.1. The minimum absolute atomic E-state index is 0.0911. The van der Waals surface area contributed by atoms with Crippen LogP contribution in [0.15, 0.2) is 12.1 Å². The SMILES string of the molecule is COCCN(CCC(N)=S)C(=O)c1c(F)cc(F)cc1F. The van der Waals surface area contributed by atoms with Gasteiger partial charge < -0.3 is 15.4 Å². The zero-order chi connectivity index (χ0) is 16.0. The second-order valence-electron chi connectivity index (χ2n) is 4.25. The molecule has 0 unspecified atom stereocenters. The van der Waals surface area contributed by atoms with E-state index in [0.29, 0.717) is 12.1 Å². The summed E-state index contributed by atoms with van der Waals surface area (Å²) in [6, 6.07) is 0.913. The predicted molar refractivity (Wildman–Crippen MR) is 75.5 cm³/mol. The minimum atomic E-state index is -1.25. The van der Waals surface area contributed by atoms with Gasteiger partial charge in [-0.1, -0.05) is 12.2 Å². The first kappa shape index (κ1) is 17.4. The average Bonchev–Trinajstić information content (AvgIpc) is 2.37. The second kappa shape index (κ2) is 7.94. The summed E-state index contributed by atoms with van der Waals surface area (Å²) in [6.07, 6.45) is 0.204. The Morgan fingerprint density at radius 1 is 1.29 bits per heavy atom. The Kier molecular flexibility index (Phi) is 6.57. The first-order valence-corrected chi connectivity index (χ1v) is 6.48. The van der Waals surface area contributed by atoms with Crippen LogP contribution in [0.25, 0.3) is 0 Å². The van der Waals surface area contributed by atoms with Crippen molar-refractivity contribution in [2.75, 3.05) is 26.8 Å². The summed E-state index contributed by atoms with van der Waals surface area (Å²) in [5.41, 5.74) is 4.54. The predicted octanol–water partition coefficient (Wildman–Crippen LogP) is 1.87. The number of benzene rings is 1. The molecule has 1 amide bonds. The molecule has 2 N–H and O–H groups in total. The number of nitrogens with two attached hydrogens (primary N) is 1. The van der Waals surface area contributed by atoms with Crippen LogP contribution in [0.1, 0.15) is 16.8 Å². The Morgan fingerprint density at radius 3 is 2.33 bits per heavy atom. The first-order chi connectivity index (χ1) is 9.86. The number of halogens is 3. The van der Waals surface area contributed by atoms with Crippen molar-refractivity contribution in [3.63, 3.8) is 0 Å². The van der Waals surface area contributed by atoms with Gasteiger partial charge in [0.05, 0.1) is 11.6 Å². The van der Waals surface area contributed by atoms with Crippen LogP contribution in [-0.2, 0) is 4.74 Å². The zero-order valence-electron chi connectivity index (χ0n) is 11.4. The van der Waals surface area contributed by atoms with Crippen LogP contribution in [0.5, 0.6) is 0 Å². The molecule has 0 fully saturated rings. The smallest absolute Gasteiger partial charge is 0.259 e. The summed E-state index contributed by atoms with van der Waals surface area (Å²) in [6.45, 7) is 0.371. The third-order valence-corrected chi connectivity index (χ3v) is 2.91. The van der Waals surface area contributed by atoms with Crippen LogP contribution in [-0.4, -0.2) is 42.6 Å². The number of amides is 1. The first-order valence-electron chi connectivity index (χ1n) is 6.08. The van der Waals surface area contributed by atoms with E-state index >= 15 is 0 Å². The van der Waals surface area contributed by atoms with Crippen LogP contribution < -0.4 is 5.73 Å². The van der Waals surface area contributed by atoms with Crippen molar-refractivity contribution in [1.29, 1.82) is 0 Å². The van der Waals surface area contributed by atoms with Crippen LogP contribution in [0.2, 0.25) is 0 Å². The lowest BCUT2D eigenvalue weighted by molar-refractivity contribution is 0.0691. The van der Waals surface area contributed by atoms with Crippen molar-refractivity contribution in [1.82, 2.24) is 4.90 Å². The van der Waals surface area contributed by atoms with E-state index in [1.54, 1.807) is 0 Å². The molecule has 1 aromatic rings. The maximum Gasteiger partial charge on any atom is 0.259 e. The Hall–Kier alpha value is -1.67. The fourth-order valence-electron chi connectivity index (χ4n) is 1.67. The van der Waals surface area contributed by atoms with Gasteiger partial charge in [-0.25, -0.2) is 13.2 Å². The highest BCUT2D eigenvalue weighted by Crippen LogP contribution is 2.17. The van der Waals surface area contributed by atoms with Gasteiger partial charge in [0.25, 0.3) is 5.91 Å². The number of rotatable bonds is 7. The van der Waals surface area contributed by atoms with E-state index in [1.807, 2.05) is 0 Å². The topological polar surface area (TPSA) is 55.6 Å². The number of nitrogens with zero attached hydrogens (tertiary/aromatic N) is 1. The molecule has 0 spiro atoms. The fourth-order valence-corrected chi connectivity index (χ4v) is 1.76. The number of ether oxygens (including phenoxy) is 1. The highest BCUT2D eigenvalue weighted by Gasteiger charge is 2.24. The molecule has 0 aliphatic heterocycles. The molecule has 0 aliphatic rings. The van der Waals surface area contributed by atoms with Crippen molar-refractivity contribution >= 4 is 23.1 Å². The molecule has 8 heteroatoms. The minimum Gasteiger partial charge on any atom is -0.393 e. The standard InChI is InChI=1S/C13H15F3N2O2S/c1-20-5-4-18(3-2-11(17)21)13(19)12-9(15)6-8(14)7-10(12)16/h6-7H,2-5H2,1H3,(H2,17,21). The molecule has 116 valence electrons. The van der Waals surface area contributed by atoms with Gasteiger partial charge in [-0.2, -0.15) is 0 Å². The summed E-state index contributed by atoms with van der Waals surface area (Å²) in [7, 11) is 1.43. The maximum atomic E-state index is 13.6. The molecule has 1 aromatic carbocycles. The monoisotopic (exact) mass is 320 g/mol. The Labute approximate surface area is 125 Å². The Morgan fingerprint density at radius 2 is 1.86 bits per heavy atom. The van der Waals surface area contributed by atoms with Crippen molar-refractivity contribution < 1.29 is 22.7 Å². The fraction of sp³-hybridized carbons (Fsp3) is 0.385. The van der Waals surface area contributed by atoms with E-state index in [2.05, 4.69) is 0 Å². The number of hydrogen-bond donors (Lipinski definition) is 1. The van der Waals surface area contributed by atoms with Crippen LogP contribution in [0.3, 0.4) is 0 Å². The molecule has 0 bridgehead atoms. The third kappa shape index (κ3) is 4.98. The molecular weight excluding hydrogens is 305 g/mol. The van der Waals surface area contributed by atoms with E-state index < -0.39 is 28.9 Å². The zero-order valence-corrected chi connectivity index (χ0v) is 12.2. The van der Waals surface area contributed by atoms with Crippen molar-refractivity contribution in [3.8, 4) is 0 Å². The third-order valence-electron chi connectivity index (χ3n) is 2.70. The molecule has 0 atom stereocenters. The number of methoxy groups -OCH3 is 1. The molecule has 4 nitrogen and oxygen atoms in total. The van der Waals surface area contributed by atoms with E-state index in [-0.39, 0.29) is 31.1 Å². The lowest BCUT2D eigenvalue weighted by Gasteiger charge is -2.22. The number of hydrogen-bond acceptors (Lipinski definition) is 3. The van der Waals surface area contributed by atoms with Gasteiger partial charge in [0.15, 0.2) is 0 Å². The van der Waals surface area contributed by atoms with E-state index in [9.17, 15) is 18.0 Å². The molecule has 0 radical (unpaired) electrons. The highest BCUT2D eigenvalue weighted by molar-refractivity contribution is 7.80. The second-order valence-corrected chi connectivity index (χ2v) is 4.77. The van der Waals surface area contributed by atoms with Gasteiger partial charge in [0.2, 0.25) is 0 Å². The number of thiocarbonyl (C=S) groups is 1. The van der Waals surface area contributed by atoms with Gasteiger partial charge in [0.1, 0.15) is 23.0 Å². The molecule has 0 saturated carbocycles. The highest BCUT2D eigenvalue weighted by atomic mass is 32.1. The molecule has 0 saturated heterocycles. The van der Waals surface area contributed by atoms with Crippen molar-refractivity contribution in [2.45, 2.75) is 6.42 Å². The summed E-state index contributed by atoms with van der Waals surface area (Å²) in [4.78, 5) is 13.5. The largest absolute Gasteiger partial charge is 0.393 e. The van der Waals surface area contributed by atoms with Gasteiger partial charge in [-0.05, 0) is 0 Å². The molecule has 0 aliphatic carbocycles. The lowest BCUT2D eigenvalue weighted by Crippen LogP contribution is -2.37. The molecule has 0 aromatic heterocycles. The summed E-state index contributed by atoms with van der Waals surface area (Å²) >= 11 is 4.71. The maximum absolute atomic E-state index is 13.6. The van der Waals surface area contributed by atoms with Gasteiger partial charge in [-0.15, -0.1) is 0 Å². The summed E-state index contributed by atoms with van der Waals surface area (Å²) in [5.74, 6) is -4.50. The van der Waals surface area contributed by atoms with Crippen LogP contribution in [0.4, 0.5) is 13.2 Å².